The van der Waals surface area contributed by atoms with Crippen LogP contribution in [0.15, 0.2) is 48.5 Å². The average molecular weight is 595 g/mol. The molecule has 4 amide bonds. The Morgan fingerprint density at radius 1 is 0.535 bits per heavy atom. The van der Waals surface area contributed by atoms with Gasteiger partial charge >= 0.3 is 12.1 Å². The van der Waals surface area contributed by atoms with E-state index in [-0.39, 0.29) is 12.1 Å². The number of carbonyl (C=O) groups is 2. The number of amides is 4. The van der Waals surface area contributed by atoms with Crippen LogP contribution in [0, 0.1) is 0 Å². The zero-order valence-corrected chi connectivity index (χ0v) is 27.4. The Kier molecular flexibility index (Phi) is 18.8. The van der Waals surface area contributed by atoms with E-state index < -0.39 is 0 Å². The molecule has 2 aromatic carbocycles. The lowest BCUT2D eigenvalue weighted by atomic mass is 10.0. The van der Waals surface area contributed by atoms with Gasteiger partial charge in [0.25, 0.3) is 0 Å². The summed E-state index contributed by atoms with van der Waals surface area (Å²) in [5, 5.41) is 11.7. The average Bonchev–Trinajstić information content (AvgIpc) is 2.99. The third kappa shape index (κ3) is 17.6. The maximum Gasteiger partial charge on any atom is 0.319 e. The summed E-state index contributed by atoms with van der Waals surface area (Å²) in [7, 11) is 4.22. The standard InChI is InChI=1S/C35H58N6O2/c1-5-7-9-11-13-25-40(3)27-23-36-34(42)38-32-19-15-30(16-20-32)29-31-17-21-33(22-18-31)39-35(43)37-24-28-41(4)26-14-12-10-8-6-2/h15-22H,5-14,23-29H2,1-4H3,(H2,36,38,42)(H2,37,39,43). The normalized spacial score (nSPS) is 11.1. The molecule has 43 heavy (non-hydrogen) atoms. The summed E-state index contributed by atoms with van der Waals surface area (Å²) in [6.45, 7) is 9.54. The molecule has 0 aliphatic heterocycles. The molecule has 0 fully saturated rings. The Morgan fingerprint density at radius 3 is 1.28 bits per heavy atom. The van der Waals surface area contributed by atoms with Crippen molar-refractivity contribution in [3.8, 4) is 0 Å². The van der Waals surface area contributed by atoms with Crippen LogP contribution in [-0.2, 0) is 6.42 Å². The van der Waals surface area contributed by atoms with Crippen LogP contribution in [0.4, 0.5) is 21.0 Å². The van der Waals surface area contributed by atoms with Crippen LogP contribution in [-0.4, -0.2) is 75.2 Å². The molecule has 0 atom stereocenters. The van der Waals surface area contributed by atoms with Gasteiger partial charge in [0.1, 0.15) is 0 Å². The van der Waals surface area contributed by atoms with Crippen molar-refractivity contribution in [2.45, 2.75) is 84.5 Å². The van der Waals surface area contributed by atoms with E-state index in [0.29, 0.717) is 13.1 Å². The zero-order valence-electron chi connectivity index (χ0n) is 27.4. The van der Waals surface area contributed by atoms with Gasteiger partial charge in [-0.1, -0.05) is 89.5 Å². The number of hydrogen-bond donors (Lipinski definition) is 4. The van der Waals surface area contributed by atoms with Crippen LogP contribution in [0.1, 0.15) is 89.2 Å². The first-order valence-corrected chi connectivity index (χ1v) is 16.5. The fourth-order valence-electron chi connectivity index (χ4n) is 4.91. The molecule has 2 aromatic rings. The molecule has 8 heteroatoms. The van der Waals surface area contributed by atoms with Gasteiger partial charge in [-0.3, -0.25) is 0 Å². The predicted molar refractivity (Wildman–Crippen MR) is 182 cm³/mol. The molecule has 0 spiro atoms. The van der Waals surface area contributed by atoms with Crippen LogP contribution in [0.5, 0.6) is 0 Å². The zero-order chi connectivity index (χ0) is 31.1. The molecule has 4 N–H and O–H groups in total. The highest BCUT2D eigenvalue weighted by Gasteiger charge is 2.06. The molecule has 0 aliphatic rings. The maximum atomic E-state index is 12.3. The number of rotatable bonds is 22. The van der Waals surface area contributed by atoms with Crippen molar-refractivity contribution in [2.75, 3.05) is 64.0 Å². The number of unbranched alkanes of at least 4 members (excludes halogenated alkanes) is 8. The van der Waals surface area contributed by atoms with Gasteiger partial charge in [0, 0.05) is 37.6 Å². The van der Waals surface area contributed by atoms with Crippen molar-refractivity contribution in [1.29, 1.82) is 0 Å². The predicted octanol–water partition coefficient (Wildman–Crippen LogP) is 7.32. The molecule has 0 saturated carbocycles. The molecule has 240 valence electrons. The van der Waals surface area contributed by atoms with Gasteiger partial charge in [0.2, 0.25) is 0 Å². The monoisotopic (exact) mass is 594 g/mol. The minimum atomic E-state index is -0.180. The van der Waals surface area contributed by atoms with E-state index in [1.165, 1.54) is 64.2 Å². The fraction of sp³-hybridized carbons (Fsp3) is 0.600. The summed E-state index contributed by atoms with van der Waals surface area (Å²) in [5.41, 5.74) is 3.85. The second kappa shape index (κ2) is 22.4. The van der Waals surface area contributed by atoms with Crippen LogP contribution in [0.2, 0.25) is 0 Å². The second-order valence-corrected chi connectivity index (χ2v) is 11.8. The molecule has 0 heterocycles. The van der Waals surface area contributed by atoms with Gasteiger partial charge in [0.05, 0.1) is 0 Å². The van der Waals surface area contributed by atoms with Crippen molar-refractivity contribution in [1.82, 2.24) is 20.4 Å². The Hall–Kier alpha value is -3.10. The summed E-state index contributed by atoms with van der Waals surface area (Å²) >= 11 is 0. The minimum Gasteiger partial charge on any atom is -0.337 e. The largest absolute Gasteiger partial charge is 0.337 e. The molecule has 8 nitrogen and oxygen atoms in total. The van der Waals surface area contributed by atoms with Gasteiger partial charge in [0.15, 0.2) is 0 Å². The number of nitrogens with zero attached hydrogens (tertiary/aromatic N) is 2. The van der Waals surface area contributed by atoms with Gasteiger partial charge < -0.3 is 31.1 Å². The van der Waals surface area contributed by atoms with Crippen molar-refractivity contribution in [3.05, 3.63) is 59.7 Å². The highest BCUT2D eigenvalue weighted by molar-refractivity contribution is 5.89. The molecule has 0 aromatic heterocycles. The van der Waals surface area contributed by atoms with E-state index in [9.17, 15) is 9.59 Å². The quantitative estimate of drug-likeness (QED) is 0.108. The van der Waals surface area contributed by atoms with Gasteiger partial charge in [-0.2, -0.15) is 0 Å². The number of carbonyl (C=O) groups excluding carboxylic acids is 2. The third-order valence-electron chi connectivity index (χ3n) is 7.68. The van der Waals surface area contributed by atoms with Crippen molar-refractivity contribution in [3.63, 3.8) is 0 Å². The van der Waals surface area contributed by atoms with E-state index in [1.54, 1.807) is 0 Å². The van der Waals surface area contributed by atoms with E-state index in [0.717, 1.165) is 55.1 Å². The summed E-state index contributed by atoms with van der Waals surface area (Å²) < 4.78 is 0. The Bertz CT molecular complexity index is 930. The summed E-state index contributed by atoms with van der Waals surface area (Å²) in [6.07, 6.45) is 13.5. The topological polar surface area (TPSA) is 88.7 Å². The van der Waals surface area contributed by atoms with Crippen LogP contribution >= 0.6 is 0 Å². The second-order valence-electron chi connectivity index (χ2n) is 11.8. The van der Waals surface area contributed by atoms with Gasteiger partial charge in [-0.05, 0) is 81.8 Å². The van der Waals surface area contributed by atoms with Gasteiger partial charge in [-0.15, -0.1) is 0 Å². The molecule has 0 saturated heterocycles. The number of nitrogens with one attached hydrogen (secondary N) is 4. The first-order valence-electron chi connectivity index (χ1n) is 16.5. The first-order chi connectivity index (χ1) is 20.9. The highest BCUT2D eigenvalue weighted by atomic mass is 16.2. The Morgan fingerprint density at radius 2 is 0.907 bits per heavy atom. The van der Waals surface area contributed by atoms with Crippen molar-refractivity contribution in [2.24, 2.45) is 0 Å². The van der Waals surface area contributed by atoms with Crippen LogP contribution in [0.3, 0.4) is 0 Å². The maximum absolute atomic E-state index is 12.3. The molecular weight excluding hydrogens is 536 g/mol. The smallest absolute Gasteiger partial charge is 0.319 e. The molecular formula is C35H58N6O2. The molecule has 0 bridgehead atoms. The summed E-state index contributed by atoms with van der Waals surface area (Å²) in [6, 6.07) is 15.5. The summed E-state index contributed by atoms with van der Waals surface area (Å²) in [5.74, 6) is 0. The number of anilines is 2. The number of hydrogen-bond acceptors (Lipinski definition) is 4. The van der Waals surface area contributed by atoms with Crippen LogP contribution < -0.4 is 21.3 Å². The highest BCUT2D eigenvalue weighted by Crippen LogP contribution is 2.16. The lowest BCUT2D eigenvalue weighted by Crippen LogP contribution is -2.35. The van der Waals surface area contributed by atoms with Crippen molar-refractivity contribution >= 4 is 23.4 Å². The molecule has 2 rings (SSSR count). The van der Waals surface area contributed by atoms with E-state index >= 15 is 0 Å². The lowest BCUT2D eigenvalue weighted by Gasteiger charge is -2.17. The number of benzene rings is 2. The van der Waals surface area contributed by atoms with Crippen LogP contribution in [0.25, 0.3) is 0 Å². The summed E-state index contributed by atoms with van der Waals surface area (Å²) in [4.78, 5) is 29.1. The Balaban J connectivity index is 1.62. The molecule has 0 unspecified atom stereocenters. The number of likely N-dealkylation sites (N-methyl/N-ethyl adjacent to an activating group) is 2. The third-order valence-corrected chi connectivity index (χ3v) is 7.68. The fourth-order valence-corrected chi connectivity index (χ4v) is 4.91. The minimum absolute atomic E-state index is 0.180. The van der Waals surface area contributed by atoms with E-state index in [1.807, 2.05) is 48.5 Å². The first kappa shape index (κ1) is 36.1. The SMILES string of the molecule is CCCCCCCN(C)CCNC(=O)Nc1ccc(Cc2ccc(NC(=O)NCCN(C)CCCCCCC)cc2)cc1. The van der Waals surface area contributed by atoms with Crippen molar-refractivity contribution < 1.29 is 9.59 Å². The van der Waals surface area contributed by atoms with E-state index in [4.69, 9.17) is 0 Å². The van der Waals surface area contributed by atoms with E-state index in [2.05, 4.69) is 59.0 Å². The Labute approximate surface area is 261 Å². The van der Waals surface area contributed by atoms with Gasteiger partial charge in [-0.25, -0.2) is 9.59 Å². The molecule has 0 radical (unpaired) electrons. The number of urea groups is 2. The molecule has 0 aliphatic carbocycles. The lowest BCUT2D eigenvalue weighted by molar-refractivity contribution is 0.248.